The lowest BCUT2D eigenvalue weighted by molar-refractivity contribution is -0.137. The summed E-state index contributed by atoms with van der Waals surface area (Å²) in [5.74, 6) is -1.34. The lowest BCUT2D eigenvalue weighted by atomic mass is 10.1. The molecule has 0 aromatic rings. The Morgan fingerprint density at radius 3 is 2.33 bits per heavy atom. The summed E-state index contributed by atoms with van der Waals surface area (Å²) in [5, 5.41) is 11.1. The zero-order valence-corrected chi connectivity index (χ0v) is 10.6. The van der Waals surface area contributed by atoms with E-state index in [0.717, 1.165) is 19.3 Å². The van der Waals surface area contributed by atoms with Crippen LogP contribution >= 0.6 is 0 Å². The molecule has 0 fully saturated rings. The predicted molar refractivity (Wildman–Crippen MR) is 65.9 cm³/mol. The molecule has 0 bridgehead atoms. The molecule has 0 unspecified atom stereocenters. The lowest BCUT2D eigenvalue weighted by Gasteiger charge is -2.15. The highest BCUT2D eigenvalue weighted by Gasteiger charge is 2.09. The van der Waals surface area contributed by atoms with Crippen molar-refractivity contribution < 1.29 is 19.5 Å². The summed E-state index contributed by atoms with van der Waals surface area (Å²) in [4.78, 5) is 33.4. The monoisotopic (exact) mass is 259 g/mol. The van der Waals surface area contributed by atoms with Gasteiger partial charge in [0, 0.05) is 20.0 Å². The van der Waals surface area contributed by atoms with Gasteiger partial charge in [0.25, 0.3) is 0 Å². The van der Waals surface area contributed by atoms with Gasteiger partial charge < -0.3 is 21.1 Å². The molecule has 0 rings (SSSR count). The number of carboxylic acid groups (broad SMARTS) is 1. The number of carboxylic acids is 1. The van der Waals surface area contributed by atoms with E-state index in [1.54, 1.807) is 0 Å². The van der Waals surface area contributed by atoms with E-state index in [4.69, 9.17) is 10.8 Å². The molecule has 0 aromatic heterocycles. The molecular weight excluding hydrogens is 238 g/mol. The van der Waals surface area contributed by atoms with Gasteiger partial charge >= 0.3 is 12.0 Å². The number of hydrogen-bond acceptors (Lipinski definition) is 3. The van der Waals surface area contributed by atoms with Crippen molar-refractivity contribution >= 4 is 17.9 Å². The Bertz CT molecular complexity index is 294. The molecule has 0 aliphatic carbocycles. The summed E-state index contributed by atoms with van der Waals surface area (Å²) in [7, 11) is 1.49. The minimum absolute atomic E-state index is 0.107. The number of carbonyl (C=O) groups is 3. The second-order valence-electron chi connectivity index (χ2n) is 4.11. The van der Waals surface area contributed by atoms with E-state index < -0.39 is 11.9 Å². The van der Waals surface area contributed by atoms with Crippen LogP contribution in [0.15, 0.2) is 0 Å². The number of aliphatic carboxylic acids is 1. The van der Waals surface area contributed by atoms with E-state index in [1.807, 2.05) is 0 Å². The van der Waals surface area contributed by atoms with Crippen molar-refractivity contribution in [3.05, 3.63) is 0 Å². The van der Waals surface area contributed by atoms with Gasteiger partial charge in [0.15, 0.2) is 0 Å². The third-order valence-electron chi connectivity index (χ3n) is 2.33. The van der Waals surface area contributed by atoms with E-state index in [2.05, 4.69) is 5.32 Å². The highest BCUT2D eigenvalue weighted by Crippen LogP contribution is 2.02. The summed E-state index contributed by atoms with van der Waals surface area (Å²) in [6.07, 6.45) is 3.33. The Hall–Kier alpha value is -1.79. The fourth-order valence-electron chi connectivity index (χ4n) is 1.39. The SMILES string of the molecule is CN(CC(N)=O)C(=O)NCCCCCCC(=O)O. The average Bonchev–Trinajstić information content (AvgIpc) is 2.26. The maximum atomic E-state index is 11.4. The summed E-state index contributed by atoms with van der Waals surface area (Å²) < 4.78 is 0. The Kier molecular flexibility index (Phi) is 8.34. The van der Waals surface area contributed by atoms with Crippen LogP contribution in [0.2, 0.25) is 0 Å². The quantitative estimate of drug-likeness (QED) is 0.511. The molecule has 7 heteroatoms. The maximum absolute atomic E-state index is 11.4. The van der Waals surface area contributed by atoms with E-state index in [9.17, 15) is 14.4 Å². The Balaban J connectivity index is 3.45. The molecular formula is C11H21N3O4. The van der Waals surface area contributed by atoms with E-state index in [0.29, 0.717) is 13.0 Å². The molecule has 4 N–H and O–H groups in total. The van der Waals surface area contributed by atoms with Crippen LogP contribution in [-0.4, -0.2) is 48.1 Å². The van der Waals surface area contributed by atoms with Crippen molar-refractivity contribution in [2.75, 3.05) is 20.1 Å². The number of carbonyl (C=O) groups excluding carboxylic acids is 2. The summed E-state index contributed by atoms with van der Waals surface area (Å²) in [6, 6.07) is -0.334. The zero-order valence-electron chi connectivity index (χ0n) is 10.6. The zero-order chi connectivity index (χ0) is 14.0. The molecule has 0 aliphatic heterocycles. The first-order valence-corrected chi connectivity index (χ1v) is 5.92. The second kappa shape index (κ2) is 9.26. The van der Waals surface area contributed by atoms with Gasteiger partial charge in [-0.15, -0.1) is 0 Å². The van der Waals surface area contributed by atoms with Gasteiger partial charge in [0.05, 0.1) is 0 Å². The van der Waals surface area contributed by atoms with Gasteiger partial charge in [-0.1, -0.05) is 12.8 Å². The molecule has 0 radical (unpaired) electrons. The molecule has 0 heterocycles. The highest BCUT2D eigenvalue weighted by atomic mass is 16.4. The molecule has 0 saturated carbocycles. The molecule has 0 saturated heterocycles. The van der Waals surface area contributed by atoms with Crippen LogP contribution in [0, 0.1) is 0 Å². The Labute approximate surface area is 106 Å². The summed E-state index contributed by atoms with van der Waals surface area (Å²) in [6.45, 7) is 0.402. The number of nitrogens with zero attached hydrogens (tertiary/aromatic N) is 1. The average molecular weight is 259 g/mol. The van der Waals surface area contributed by atoms with Gasteiger partial charge in [-0.3, -0.25) is 9.59 Å². The number of nitrogens with two attached hydrogens (primary N) is 1. The molecule has 0 spiro atoms. The van der Waals surface area contributed by atoms with Gasteiger partial charge in [0.1, 0.15) is 6.54 Å². The van der Waals surface area contributed by atoms with Crippen LogP contribution in [0.1, 0.15) is 32.1 Å². The molecule has 0 aromatic carbocycles. The number of unbranched alkanes of at least 4 members (excludes halogenated alkanes) is 3. The molecule has 0 aliphatic rings. The first-order chi connectivity index (χ1) is 8.43. The number of urea groups is 1. The van der Waals surface area contributed by atoms with Gasteiger partial charge in [-0.05, 0) is 12.8 Å². The molecule has 104 valence electrons. The normalized spacial score (nSPS) is 9.83. The maximum Gasteiger partial charge on any atom is 0.317 e. The van der Waals surface area contributed by atoms with E-state index in [-0.39, 0.29) is 19.0 Å². The van der Waals surface area contributed by atoms with Crippen LogP contribution in [0.25, 0.3) is 0 Å². The Morgan fingerprint density at radius 1 is 1.17 bits per heavy atom. The van der Waals surface area contributed by atoms with Crippen LogP contribution in [0.5, 0.6) is 0 Å². The predicted octanol–water partition coefficient (Wildman–Crippen LogP) is 0.148. The number of likely N-dealkylation sites (N-methyl/N-ethyl adjacent to an activating group) is 1. The Morgan fingerprint density at radius 2 is 1.78 bits per heavy atom. The van der Waals surface area contributed by atoms with Crippen molar-refractivity contribution in [3.8, 4) is 0 Å². The standard InChI is InChI=1S/C11H21N3O4/c1-14(8-9(12)15)11(18)13-7-5-3-2-4-6-10(16)17/h2-8H2,1H3,(H2,12,15)(H,13,18)(H,16,17). The van der Waals surface area contributed by atoms with Gasteiger partial charge in [-0.2, -0.15) is 0 Å². The number of hydrogen-bond donors (Lipinski definition) is 3. The number of nitrogens with one attached hydrogen (secondary N) is 1. The van der Waals surface area contributed by atoms with Crippen molar-refractivity contribution in [2.24, 2.45) is 5.73 Å². The summed E-state index contributed by atoms with van der Waals surface area (Å²) in [5.41, 5.74) is 4.96. The van der Waals surface area contributed by atoms with Crippen molar-refractivity contribution in [1.29, 1.82) is 0 Å². The van der Waals surface area contributed by atoms with Crippen molar-refractivity contribution in [3.63, 3.8) is 0 Å². The van der Waals surface area contributed by atoms with Gasteiger partial charge in [0.2, 0.25) is 5.91 Å². The van der Waals surface area contributed by atoms with Crippen LogP contribution in [-0.2, 0) is 9.59 Å². The smallest absolute Gasteiger partial charge is 0.317 e. The number of primary amides is 1. The minimum Gasteiger partial charge on any atom is -0.481 e. The van der Waals surface area contributed by atoms with Crippen LogP contribution in [0.3, 0.4) is 0 Å². The largest absolute Gasteiger partial charge is 0.481 e. The second-order valence-corrected chi connectivity index (χ2v) is 4.11. The third kappa shape index (κ3) is 9.44. The van der Waals surface area contributed by atoms with E-state index in [1.165, 1.54) is 11.9 Å². The lowest BCUT2D eigenvalue weighted by Crippen LogP contribution is -2.42. The topological polar surface area (TPSA) is 113 Å². The van der Waals surface area contributed by atoms with E-state index >= 15 is 0 Å². The first kappa shape index (κ1) is 16.2. The molecule has 3 amide bonds. The van der Waals surface area contributed by atoms with Crippen molar-refractivity contribution in [1.82, 2.24) is 10.2 Å². The molecule has 18 heavy (non-hydrogen) atoms. The number of rotatable bonds is 9. The molecule has 0 atom stereocenters. The molecule has 7 nitrogen and oxygen atoms in total. The fourth-order valence-corrected chi connectivity index (χ4v) is 1.39. The van der Waals surface area contributed by atoms with Crippen LogP contribution in [0.4, 0.5) is 4.79 Å². The first-order valence-electron chi connectivity index (χ1n) is 5.92. The number of amides is 3. The van der Waals surface area contributed by atoms with Crippen LogP contribution < -0.4 is 11.1 Å². The third-order valence-corrected chi connectivity index (χ3v) is 2.33. The van der Waals surface area contributed by atoms with Gasteiger partial charge in [-0.25, -0.2) is 4.79 Å². The summed E-state index contributed by atoms with van der Waals surface area (Å²) >= 11 is 0. The minimum atomic E-state index is -0.781. The van der Waals surface area contributed by atoms with Crippen molar-refractivity contribution in [2.45, 2.75) is 32.1 Å². The fraction of sp³-hybridized carbons (Fsp3) is 0.727. The highest BCUT2D eigenvalue weighted by molar-refractivity contribution is 5.82.